The normalized spacial score (nSPS) is 29.7. The lowest BCUT2D eigenvalue weighted by Gasteiger charge is -2.48. The fourth-order valence-corrected chi connectivity index (χ4v) is 9.23. The van der Waals surface area contributed by atoms with E-state index >= 15 is 0 Å². The SMILES string of the molecule is CC/C=C\C/C=C\C/C=C\C/C=C\C/C=C\C/C=C\C/C=C\C/C=C\C/C=C\C/C=C\C/C=C\C/C=C\CCCCC(=O)NC(COC1OC(CO)C(OC2OC(CO)C(OC3OC(CO)C(O)C(O)C3O)C(O)C2O)C(O)C1O)C(O)/C=C/CCC. The lowest BCUT2D eigenvalue weighted by Crippen LogP contribution is -2.66. The number of nitrogens with one attached hydrogen (secondary N) is 1. The van der Waals surface area contributed by atoms with Crippen molar-refractivity contribution in [2.24, 2.45) is 0 Å². The first-order chi connectivity index (χ1) is 42.3. The predicted molar refractivity (Wildman–Crippen MR) is 336 cm³/mol. The molecule has 0 aromatic carbocycles. The van der Waals surface area contributed by atoms with E-state index in [-0.39, 0.29) is 18.9 Å². The molecule has 19 heteroatoms. The van der Waals surface area contributed by atoms with E-state index in [2.05, 4.69) is 158 Å². The summed E-state index contributed by atoms with van der Waals surface area (Å²) < 4.78 is 33.9. The lowest BCUT2D eigenvalue weighted by molar-refractivity contribution is -0.379. The number of unbranched alkanes of at least 4 members (excludes halogenated alkanes) is 3. The second-order valence-corrected chi connectivity index (χ2v) is 21.4. The van der Waals surface area contributed by atoms with E-state index in [1.54, 1.807) is 6.08 Å². The fourth-order valence-electron chi connectivity index (χ4n) is 9.23. The molecule has 0 aromatic heterocycles. The number of amides is 1. The van der Waals surface area contributed by atoms with E-state index in [0.717, 1.165) is 96.3 Å². The van der Waals surface area contributed by atoms with Crippen LogP contribution < -0.4 is 5.32 Å². The van der Waals surface area contributed by atoms with Gasteiger partial charge in [0.25, 0.3) is 0 Å². The number of carbonyl (C=O) groups excluding carboxylic acids is 1. The van der Waals surface area contributed by atoms with E-state index in [1.807, 2.05) is 6.92 Å². The molecule has 3 aliphatic rings. The van der Waals surface area contributed by atoms with E-state index in [0.29, 0.717) is 12.8 Å². The summed E-state index contributed by atoms with van der Waals surface area (Å²) in [7, 11) is 0. The molecule has 0 spiro atoms. The summed E-state index contributed by atoms with van der Waals surface area (Å²) in [5.41, 5.74) is 0. The number of aliphatic hydroxyl groups excluding tert-OH is 11. The molecule has 3 aliphatic heterocycles. The van der Waals surface area contributed by atoms with Crippen LogP contribution in [0.3, 0.4) is 0 Å². The fraction of sp³-hybridized carbons (Fsp3) is 0.603. The molecule has 17 atom stereocenters. The summed E-state index contributed by atoms with van der Waals surface area (Å²) in [6, 6.07) is -1.00. The molecule has 0 aromatic rings. The van der Waals surface area contributed by atoms with E-state index < -0.39 is 124 Å². The number of carbonyl (C=O) groups is 1. The van der Waals surface area contributed by atoms with Crippen LogP contribution in [-0.4, -0.2) is 193 Å². The van der Waals surface area contributed by atoms with Crippen LogP contribution in [0.2, 0.25) is 0 Å². The first-order valence-electron chi connectivity index (χ1n) is 31.2. The van der Waals surface area contributed by atoms with Crippen LogP contribution in [0.1, 0.15) is 129 Å². The summed E-state index contributed by atoms with van der Waals surface area (Å²) in [6.07, 6.45) is 43.9. The van der Waals surface area contributed by atoms with Gasteiger partial charge >= 0.3 is 0 Å². The van der Waals surface area contributed by atoms with Crippen LogP contribution >= 0.6 is 0 Å². The summed E-state index contributed by atoms with van der Waals surface area (Å²) in [5, 5.41) is 119. The van der Waals surface area contributed by atoms with Gasteiger partial charge in [-0.2, -0.15) is 0 Å². The van der Waals surface area contributed by atoms with Crippen LogP contribution in [0, 0.1) is 0 Å². The molecule has 0 saturated carbocycles. The van der Waals surface area contributed by atoms with Crippen molar-refractivity contribution in [2.45, 2.75) is 234 Å². The van der Waals surface area contributed by atoms with Crippen LogP contribution in [0.4, 0.5) is 0 Å². The maximum Gasteiger partial charge on any atom is 0.220 e. The average molecular weight is 1220 g/mol. The highest BCUT2D eigenvalue weighted by molar-refractivity contribution is 5.76. The van der Waals surface area contributed by atoms with Gasteiger partial charge < -0.3 is 89.9 Å². The number of ether oxygens (including phenoxy) is 6. The quantitative estimate of drug-likeness (QED) is 0.0226. The maximum atomic E-state index is 13.1. The number of aliphatic hydroxyl groups is 11. The van der Waals surface area contributed by atoms with Crippen molar-refractivity contribution in [1.82, 2.24) is 5.32 Å². The van der Waals surface area contributed by atoms with Gasteiger partial charge in [0.1, 0.15) is 73.2 Å². The Morgan fingerprint density at radius 3 is 1.17 bits per heavy atom. The monoisotopic (exact) mass is 1220 g/mol. The average Bonchev–Trinajstić information content (AvgIpc) is 1.25. The Kier molecular flexibility index (Phi) is 42.5. The molecule has 3 saturated heterocycles. The zero-order valence-electron chi connectivity index (χ0n) is 51.2. The second-order valence-electron chi connectivity index (χ2n) is 21.4. The molecule has 3 fully saturated rings. The summed E-state index contributed by atoms with van der Waals surface area (Å²) >= 11 is 0. The molecule has 490 valence electrons. The molecule has 0 aliphatic carbocycles. The topological polar surface area (TPSA) is 307 Å². The Labute approximate surface area is 516 Å². The highest BCUT2D eigenvalue weighted by atomic mass is 16.8. The minimum atomic E-state index is -1.99. The minimum Gasteiger partial charge on any atom is -0.394 e. The van der Waals surface area contributed by atoms with E-state index in [9.17, 15) is 61.0 Å². The molecular weight excluding hydrogens is 1120 g/mol. The summed E-state index contributed by atoms with van der Waals surface area (Å²) in [6.45, 7) is 1.28. The van der Waals surface area contributed by atoms with Crippen molar-refractivity contribution in [3.05, 3.63) is 158 Å². The highest BCUT2D eigenvalue weighted by Crippen LogP contribution is 2.33. The number of hydrogen-bond acceptors (Lipinski definition) is 18. The molecule has 3 rings (SSSR count). The van der Waals surface area contributed by atoms with Crippen molar-refractivity contribution in [3.8, 4) is 0 Å². The van der Waals surface area contributed by atoms with Gasteiger partial charge in [-0.05, 0) is 103 Å². The summed E-state index contributed by atoms with van der Waals surface area (Å²) in [4.78, 5) is 13.1. The van der Waals surface area contributed by atoms with Gasteiger partial charge in [0.15, 0.2) is 18.9 Å². The highest BCUT2D eigenvalue weighted by Gasteiger charge is 2.53. The van der Waals surface area contributed by atoms with Gasteiger partial charge in [-0.3, -0.25) is 4.79 Å². The first-order valence-corrected chi connectivity index (χ1v) is 31.2. The Bertz CT molecular complexity index is 2200. The third kappa shape index (κ3) is 31.1. The zero-order chi connectivity index (χ0) is 63.3. The van der Waals surface area contributed by atoms with E-state index in [1.165, 1.54) is 6.08 Å². The maximum absolute atomic E-state index is 13.1. The second kappa shape index (κ2) is 48.3. The Balaban J connectivity index is 1.29. The van der Waals surface area contributed by atoms with Gasteiger partial charge in [0, 0.05) is 6.42 Å². The Morgan fingerprint density at radius 2 is 0.782 bits per heavy atom. The third-order valence-corrected chi connectivity index (χ3v) is 14.3. The molecule has 0 radical (unpaired) electrons. The van der Waals surface area contributed by atoms with Crippen LogP contribution in [0.15, 0.2) is 158 Å². The van der Waals surface area contributed by atoms with Crippen molar-refractivity contribution in [2.75, 3.05) is 26.4 Å². The Hall–Kier alpha value is -4.59. The van der Waals surface area contributed by atoms with Gasteiger partial charge in [0.05, 0.1) is 38.6 Å². The van der Waals surface area contributed by atoms with Crippen molar-refractivity contribution >= 4 is 5.91 Å². The van der Waals surface area contributed by atoms with Crippen molar-refractivity contribution in [3.63, 3.8) is 0 Å². The molecule has 0 bridgehead atoms. The molecule has 1 amide bonds. The molecule has 17 unspecified atom stereocenters. The molecule has 12 N–H and O–H groups in total. The van der Waals surface area contributed by atoms with E-state index in [4.69, 9.17) is 28.4 Å². The van der Waals surface area contributed by atoms with Gasteiger partial charge in [0.2, 0.25) is 5.91 Å². The van der Waals surface area contributed by atoms with Crippen LogP contribution in [0.25, 0.3) is 0 Å². The largest absolute Gasteiger partial charge is 0.394 e. The summed E-state index contributed by atoms with van der Waals surface area (Å²) in [5.74, 6) is -0.340. The molecule has 87 heavy (non-hydrogen) atoms. The first kappa shape index (κ1) is 76.7. The lowest BCUT2D eigenvalue weighted by atomic mass is 9.96. The van der Waals surface area contributed by atoms with Crippen molar-refractivity contribution < 1.29 is 89.4 Å². The smallest absolute Gasteiger partial charge is 0.220 e. The predicted octanol–water partition coefficient (Wildman–Crippen LogP) is 6.59. The van der Waals surface area contributed by atoms with Gasteiger partial charge in [-0.25, -0.2) is 0 Å². The minimum absolute atomic E-state index is 0.173. The standard InChI is InChI=1S/C68H105NO18/c1-3-5-7-8-9-10-11-12-13-14-15-16-17-18-19-20-21-22-23-24-25-26-27-28-29-30-31-32-33-34-35-36-37-38-39-40-41-42-44-46-56(74)69-51(52(73)45-43-6-4-2)50-82-66-62(80)59(77)64(54(48-71)84-66)87-68-63(81)60(78)65(55(49-72)85-68)86-67-61(79)58(76)57(75)53(47-70)83-67/h5,7,9-10,12-13,15-16,18-19,21-22,24-25,27-28,30-31,33-34,36-37,39-40,43,45,51-55,57-68,70-73,75-81H,3-4,6,8,11,14,17,20,23,26,29,32,35,38,41-42,44,46-50H2,1-2H3,(H,69,74)/b7-5-,10-9-,13-12-,16-15-,19-18-,22-21-,25-24-,28-27-,31-30-,34-33-,37-36-,40-39-,45-43+. The number of rotatable bonds is 43. The number of hydrogen-bond donors (Lipinski definition) is 12. The third-order valence-electron chi connectivity index (χ3n) is 14.3. The molecule has 3 heterocycles. The van der Waals surface area contributed by atoms with Gasteiger partial charge in [-0.15, -0.1) is 0 Å². The van der Waals surface area contributed by atoms with Crippen LogP contribution in [0.5, 0.6) is 0 Å². The van der Waals surface area contributed by atoms with Crippen LogP contribution in [-0.2, 0) is 33.2 Å². The van der Waals surface area contributed by atoms with Crippen molar-refractivity contribution in [1.29, 1.82) is 0 Å². The molecular formula is C68H105NO18. The zero-order valence-corrected chi connectivity index (χ0v) is 51.2. The Morgan fingerprint density at radius 1 is 0.425 bits per heavy atom. The molecule has 19 nitrogen and oxygen atoms in total. The number of allylic oxidation sites excluding steroid dienone is 25. The van der Waals surface area contributed by atoms with Gasteiger partial charge in [-0.1, -0.05) is 178 Å².